The van der Waals surface area contributed by atoms with Crippen LogP contribution in [0.4, 0.5) is 0 Å². The SMILES string of the molecule is CC/C=C\C/C=C\C/C=C\C/C=C\C/C=C\C/C=C\C/C=C\C/C=C\C/C=C\CCCC(=O)NC(CO)C(O)/C=C/CC/C=C/CCCCCCCCCCCCCCCC. The zero-order valence-electron chi connectivity index (χ0n) is 39.4. The van der Waals surface area contributed by atoms with Gasteiger partial charge in [0.2, 0.25) is 5.91 Å². The molecule has 0 saturated carbocycles. The Morgan fingerprint density at radius 1 is 0.410 bits per heavy atom. The molecule has 0 aromatic heterocycles. The number of aliphatic hydroxyl groups excluding tert-OH is 2. The molecule has 2 atom stereocenters. The number of nitrogens with one attached hydrogen (secondary N) is 1. The molecule has 0 rings (SSSR count). The van der Waals surface area contributed by atoms with Crippen LogP contribution >= 0.6 is 0 Å². The number of aliphatic hydroxyl groups is 2. The molecule has 0 bridgehead atoms. The van der Waals surface area contributed by atoms with E-state index in [1.807, 2.05) is 6.08 Å². The fourth-order valence-electron chi connectivity index (χ4n) is 6.61. The molecule has 4 nitrogen and oxygen atoms in total. The van der Waals surface area contributed by atoms with Crippen molar-refractivity contribution in [3.05, 3.63) is 134 Å². The van der Waals surface area contributed by atoms with Crippen LogP contribution in [0.3, 0.4) is 0 Å². The van der Waals surface area contributed by atoms with Gasteiger partial charge in [-0.2, -0.15) is 0 Å². The van der Waals surface area contributed by atoms with E-state index in [-0.39, 0.29) is 12.5 Å². The number of carbonyl (C=O) groups excluding carboxylic acids is 1. The van der Waals surface area contributed by atoms with Crippen molar-refractivity contribution in [1.82, 2.24) is 5.32 Å². The molecule has 0 radical (unpaired) electrons. The van der Waals surface area contributed by atoms with Gasteiger partial charge in [0.1, 0.15) is 0 Å². The van der Waals surface area contributed by atoms with Crippen molar-refractivity contribution >= 4 is 5.91 Å². The predicted molar refractivity (Wildman–Crippen MR) is 271 cm³/mol. The first-order valence-corrected chi connectivity index (χ1v) is 24.9. The maximum Gasteiger partial charge on any atom is 0.220 e. The van der Waals surface area contributed by atoms with E-state index in [1.165, 1.54) is 89.9 Å². The largest absolute Gasteiger partial charge is 0.394 e. The molecule has 3 N–H and O–H groups in total. The third-order valence-electron chi connectivity index (χ3n) is 10.4. The average Bonchev–Trinajstić information content (AvgIpc) is 3.26. The first-order valence-electron chi connectivity index (χ1n) is 24.9. The molecule has 4 heteroatoms. The van der Waals surface area contributed by atoms with Crippen LogP contribution in [0.5, 0.6) is 0 Å². The summed E-state index contributed by atoms with van der Waals surface area (Å²) in [6, 6.07) is -0.681. The number of hydrogen-bond acceptors (Lipinski definition) is 3. The minimum atomic E-state index is -0.897. The highest BCUT2D eigenvalue weighted by Crippen LogP contribution is 2.14. The van der Waals surface area contributed by atoms with E-state index in [2.05, 4.69) is 141 Å². The fourth-order valence-corrected chi connectivity index (χ4v) is 6.61. The Morgan fingerprint density at radius 2 is 0.738 bits per heavy atom. The molecule has 1 amide bonds. The Kier molecular flexibility index (Phi) is 48.0. The fraction of sp³-hybridized carbons (Fsp3) is 0.596. The summed E-state index contributed by atoms with van der Waals surface area (Å²) in [5.74, 6) is -0.137. The Morgan fingerprint density at radius 3 is 1.15 bits per heavy atom. The highest BCUT2D eigenvalue weighted by Gasteiger charge is 2.17. The number of rotatable bonds is 43. The Hall–Kier alpha value is -3.47. The lowest BCUT2D eigenvalue weighted by atomic mass is 10.0. The first kappa shape index (κ1) is 57.5. The molecule has 0 aliphatic heterocycles. The zero-order chi connectivity index (χ0) is 44.2. The zero-order valence-corrected chi connectivity index (χ0v) is 39.4. The number of amides is 1. The Labute approximate surface area is 377 Å². The van der Waals surface area contributed by atoms with E-state index in [1.54, 1.807) is 6.08 Å². The van der Waals surface area contributed by atoms with Crippen molar-refractivity contribution in [2.45, 2.75) is 212 Å². The second-order valence-corrected chi connectivity index (χ2v) is 16.1. The summed E-state index contributed by atoms with van der Waals surface area (Å²) in [5, 5.41) is 23.0. The van der Waals surface area contributed by atoms with Crippen LogP contribution in [-0.4, -0.2) is 34.9 Å². The third-order valence-corrected chi connectivity index (χ3v) is 10.4. The third kappa shape index (κ3) is 47.4. The molecule has 61 heavy (non-hydrogen) atoms. The van der Waals surface area contributed by atoms with Gasteiger partial charge in [0.25, 0.3) is 0 Å². The van der Waals surface area contributed by atoms with E-state index in [9.17, 15) is 15.0 Å². The second kappa shape index (κ2) is 50.9. The summed E-state index contributed by atoms with van der Waals surface area (Å²) in [7, 11) is 0. The quantitative estimate of drug-likeness (QED) is 0.0423. The summed E-state index contributed by atoms with van der Waals surface area (Å²) in [5.41, 5.74) is 0. The lowest BCUT2D eigenvalue weighted by molar-refractivity contribution is -0.122. The molecule has 344 valence electrons. The highest BCUT2D eigenvalue weighted by molar-refractivity contribution is 5.76. The smallest absolute Gasteiger partial charge is 0.220 e. The van der Waals surface area contributed by atoms with Crippen LogP contribution in [-0.2, 0) is 4.79 Å². The van der Waals surface area contributed by atoms with Crippen LogP contribution in [0.1, 0.15) is 200 Å². The molecule has 0 spiro atoms. The van der Waals surface area contributed by atoms with Crippen molar-refractivity contribution < 1.29 is 15.0 Å². The molecule has 0 aromatic carbocycles. The molecular formula is C57H93NO3. The van der Waals surface area contributed by atoms with Crippen molar-refractivity contribution in [2.24, 2.45) is 0 Å². The molecule has 0 aromatic rings. The maximum atomic E-state index is 12.4. The van der Waals surface area contributed by atoms with Gasteiger partial charge >= 0.3 is 0 Å². The molecular weight excluding hydrogens is 747 g/mol. The molecule has 0 fully saturated rings. The summed E-state index contributed by atoms with van der Waals surface area (Å²) in [6.45, 7) is 4.15. The summed E-state index contributed by atoms with van der Waals surface area (Å²) in [4.78, 5) is 12.4. The van der Waals surface area contributed by atoms with Gasteiger partial charge in [0.15, 0.2) is 0 Å². The van der Waals surface area contributed by atoms with Crippen molar-refractivity contribution in [3.63, 3.8) is 0 Å². The maximum absolute atomic E-state index is 12.4. The van der Waals surface area contributed by atoms with Crippen molar-refractivity contribution in [1.29, 1.82) is 0 Å². The van der Waals surface area contributed by atoms with Gasteiger partial charge in [-0.25, -0.2) is 0 Å². The van der Waals surface area contributed by atoms with Crippen LogP contribution in [0.2, 0.25) is 0 Å². The molecule has 0 aliphatic rings. The topological polar surface area (TPSA) is 69.6 Å². The van der Waals surface area contributed by atoms with Gasteiger partial charge in [0.05, 0.1) is 18.8 Å². The molecule has 0 heterocycles. The van der Waals surface area contributed by atoms with Gasteiger partial charge in [-0.3, -0.25) is 4.79 Å². The van der Waals surface area contributed by atoms with E-state index in [0.717, 1.165) is 89.9 Å². The number of hydrogen-bond donors (Lipinski definition) is 3. The van der Waals surface area contributed by atoms with E-state index >= 15 is 0 Å². The van der Waals surface area contributed by atoms with Gasteiger partial charge in [-0.1, -0.05) is 231 Å². The monoisotopic (exact) mass is 840 g/mol. The van der Waals surface area contributed by atoms with Crippen LogP contribution in [0.15, 0.2) is 134 Å². The van der Waals surface area contributed by atoms with E-state index < -0.39 is 12.1 Å². The molecule has 0 saturated heterocycles. The van der Waals surface area contributed by atoms with Gasteiger partial charge in [-0.15, -0.1) is 0 Å². The Bertz CT molecular complexity index is 1270. The minimum absolute atomic E-state index is 0.137. The molecule has 2 unspecified atom stereocenters. The minimum Gasteiger partial charge on any atom is -0.394 e. The Balaban J connectivity index is 3.78. The van der Waals surface area contributed by atoms with Gasteiger partial charge < -0.3 is 15.5 Å². The summed E-state index contributed by atoms with van der Waals surface area (Å²) < 4.78 is 0. The predicted octanol–water partition coefficient (Wildman–Crippen LogP) is 16.3. The second-order valence-electron chi connectivity index (χ2n) is 16.1. The summed E-state index contributed by atoms with van der Waals surface area (Å²) in [6.07, 6.45) is 80.1. The van der Waals surface area contributed by atoms with Crippen molar-refractivity contribution in [2.75, 3.05) is 6.61 Å². The number of carbonyl (C=O) groups is 1. The van der Waals surface area contributed by atoms with Crippen LogP contribution in [0.25, 0.3) is 0 Å². The van der Waals surface area contributed by atoms with Gasteiger partial charge in [-0.05, 0) is 96.3 Å². The summed E-state index contributed by atoms with van der Waals surface area (Å²) >= 11 is 0. The normalized spacial score (nSPS) is 14.1. The highest BCUT2D eigenvalue weighted by atomic mass is 16.3. The van der Waals surface area contributed by atoms with E-state index in [4.69, 9.17) is 0 Å². The lowest BCUT2D eigenvalue weighted by Gasteiger charge is -2.19. The van der Waals surface area contributed by atoms with Gasteiger partial charge in [0, 0.05) is 6.42 Å². The van der Waals surface area contributed by atoms with Crippen LogP contribution in [0, 0.1) is 0 Å². The standard InChI is InChI=1S/C57H93NO3/c1-3-5-7-9-11-13-15-17-19-21-23-25-26-27-28-29-30-31-32-33-35-37-39-41-43-45-47-49-51-53-57(61)58-55(54-59)56(60)52-50-48-46-44-42-40-38-36-34-24-22-20-18-16-14-12-10-8-6-4-2/h5,7,11,13,17,19,23,25,27-28,30-31,33,35,39,41-42,44-45,47,50,52,55-56,59-60H,3-4,6,8-10,12,14-16,18,20-22,24,26,29,32,34,36-38,40,43,46,48-49,51,53-54H2,1-2H3,(H,58,61)/b7-5-,13-11-,19-17-,25-23-,28-27-,31-30-,35-33-,41-39-,44-42+,47-45-,52-50+. The van der Waals surface area contributed by atoms with E-state index in [0.29, 0.717) is 6.42 Å². The number of allylic oxidation sites excluding steroid dienone is 21. The van der Waals surface area contributed by atoms with Crippen molar-refractivity contribution in [3.8, 4) is 0 Å². The molecule has 0 aliphatic carbocycles. The lowest BCUT2D eigenvalue weighted by Crippen LogP contribution is -2.45. The number of unbranched alkanes of at least 4 members (excludes halogenated alkanes) is 16. The van der Waals surface area contributed by atoms with Crippen LogP contribution < -0.4 is 5.32 Å². The first-order chi connectivity index (χ1) is 30.2. The average molecular weight is 840 g/mol.